The van der Waals surface area contributed by atoms with E-state index < -0.39 is 17.7 Å². The average molecular weight is 215 g/mol. The van der Waals surface area contributed by atoms with Gasteiger partial charge in [-0.15, -0.1) is 0 Å². The van der Waals surface area contributed by atoms with Crippen LogP contribution in [0.15, 0.2) is 0 Å². The molecule has 1 heterocycles. The molecule has 0 saturated carbocycles. The monoisotopic (exact) mass is 215 g/mol. The molecular weight excluding hydrogens is 198 g/mol. The van der Waals surface area contributed by atoms with Crippen molar-refractivity contribution in [2.75, 3.05) is 0 Å². The Morgan fingerprint density at radius 1 is 1.53 bits per heavy atom. The largest absolute Gasteiger partial charge is 0.444 e. The predicted octanol–water partition coefficient (Wildman–Crippen LogP) is -0.0159. The van der Waals surface area contributed by atoms with Gasteiger partial charge in [0.05, 0.1) is 6.04 Å². The third-order valence-electron chi connectivity index (χ3n) is 2.11. The van der Waals surface area contributed by atoms with Gasteiger partial charge in [0.15, 0.2) is 0 Å². The van der Waals surface area contributed by atoms with Crippen LogP contribution in [0.3, 0.4) is 0 Å². The van der Waals surface area contributed by atoms with Gasteiger partial charge in [-0.05, 0) is 27.7 Å². The standard InChI is InChI=1S/C9H17N3O3/c1-5-6(7(13)12(5)10)11-8(14)15-9(2,3)4/h5-6H,10H2,1-4H3,(H,11,14)/t5-,6-/m0/s1. The maximum absolute atomic E-state index is 11.3. The Kier molecular flexibility index (Phi) is 2.90. The van der Waals surface area contributed by atoms with E-state index >= 15 is 0 Å². The zero-order valence-electron chi connectivity index (χ0n) is 9.40. The van der Waals surface area contributed by atoms with Gasteiger partial charge in [0.2, 0.25) is 0 Å². The molecule has 0 radical (unpaired) electrons. The van der Waals surface area contributed by atoms with Gasteiger partial charge in [-0.1, -0.05) is 0 Å². The summed E-state index contributed by atoms with van der Waals surface area (Å²) >= 11 is 0. The first-order chi connectivity index (χ1) is 6.72. The summed E-state index contributed by atoms with van der Waals surface area (Å²) in [5, 5.41) is 3.56. The van der Waals surface area contributed by atoms with Crippen molar-refractivity contribution >= 4 is 12.0 Å². The third kappa shape index (κ3) is 2.59. The molecule has 2 atom stereocenters. The van der Waals surface area contributed by atoms with Crippen molar-refractivity contribution in [3.05, 3.63) is 0 Å². The summed E-state index contributed by atoms with van der Waals surface area (Å²) in [6.07, 6.45) is -0.596. The first-order valence-electron chi connectivity index (χ1n) is 4.79. The van der Waals surface area contributed by atoms with E-state index in [1.807, 2.05) is 0 Å². The Bertz CT molecular complexity index is 285. The number of hydrazine groups is 1. The summed E-state index contributed by atoms with van der Waals surface area (Å²) in [5.74, 6) is 5.05. The van der Waals surface area contributed by atoms with Crippen molar-refractivity contribution in [3.8, 4) is 0 Å². The Balaban J connectivity index is 2.44. The Morgan fingerprint density at radius 3 is 2.47 bits per heavy atom. The highest BCUT2D eigenvalue weighted by atomic mass is 16.6. The van der Waals surface area contributed by atoms with E-state index in [4.69, 9.17) is 10.6 Å². The SMILES string of the molecule is C[C@H]1[C@H](NC(=O)OC(C)(C)C)C(=O)N1N. The second kappa shape index (κ2) is 3.69. The maximum atomic E-state index is 11.3. The van der Waals surface area contributed by atoms with Gasteiger partial charge in [-0.2, -0.15) is 0 Å². The van der Waals surface area contributed by atoms with Gasteiger partial charge in [0.25, 0.3) is 5.91 Å². The number of nitrogens with zero attached hydrogens (tertiary/aromatic N) is 1. The van der Waals surface area contributed by atoms with E-state index in [9.17, 15) is 9.59 Å². The number of alkyl carbamates (subject to hydrolysis) is 1. The first-order valence-corrected chi connectivity index (χ1v) is 4.79. The molecule has 6 nitrogen and oxygen atoms in total. The predicted molar refractivity (Wildman–Crippen MR) is 53.7 cm³/mol. The molecule has 0 unspecified atom stereocenters. The molecule has 0 spiro atoms. The fourth-order valence-electron chi connectivity index (χ4n) is 1.26. The zero-order chi connectivity index (χ0) is 11.8. The van der Waals surface area contributed by atoms with Crippen LogP contribution in [-0.2, 0) is 9.53 Å². The summed E-state index contributed by atoms with van der Waals surface area (Å²) in [4.78, 5) is 22.5. The van der Waals surface area contributed by atoms with Crippen molar-refractivity contribution in [3.63, 3.8) is 0 Å². The minimum absolute atomic E-state index is 0.190. The van der Waals surface area contributed by atoms with Crippen LogP contribution < -0.4 is 11.2 Å². The number of β-lactam (4-membered cyclic amide) rings is 1. The smallest absolute Gasteiger partial charge is 0.408 e. The molecule has 15 heavy (non-hydrogen) atoms. The van der Waals surface area contributed by atoms with Crippen molar-refractivity contribution in [2.24, 2.45) is 5.84 Å². The number of rotatable bonds is 1. The van der Waals surface area contributed by atoms with E-state index in [1.165, 1.54) is 0 Å². The quantitative estimate of drug-likeness (QED) is 0.366. The number of ether oxygens (including phenoxy) is 1. The van der Waals surface area contributed by atoms with Crippen molar-refractivity contribution < 1.29 is 14.3 Å². The lowest BCUT2D eigenvalue weighted by Gasteiger charge is -2.41. The molecule has 1 aliphatic rings. The molecule has 0 bridgehead atoms. The van der Waals surface area contributed by atoms with Crippen molar-refractivity contribution in [1.82, 2.24) is 10.3 Å². The molecule has 0 aromatic heterocycles. The second-order valence-corrected chi connectivity index (χ2v) is 4.61. The minimum atomic E-state index is -0.596. The lowest BCUT2D eigenvalue weighted by Crippen LogP contribution is -2.72. The molecule has 1 aliphatic heterocycles. The van der Waals surface area contributed by atoms with Crippen LogP contribution in [0.2, 0.25) is 0 Å². The molecule has 1 rings (SSSR count). The molecule has 0 aromatic rings. The molecule has 2 amide bonds. The number of amides is 2. The molecule has 0 aromatic carbocycles. The number of nitrogens with one attached hydrogen (secondary N) is 1. The highest BCUT2D eigenvalue weighted by Gasteiger charge is 2.44. The minimum Gasteiger partial charge on any atom is -0.444 e. The third-order valence-corrected chi connectivity index (χ3v) is 2.11. The van der Waals surface area contributed by atoms with Gasteiger partial charge < -0.3 is 10.1 Å². The van der Waals surface area contributed by atoms with Crippen LogP contribution in [-0.4, -0.2) is 34.7 Å². The van der Waals surface area contributed by atoms with Crippen LogP contribution in [0.1, 0.15) is 27.7 Å². The number of carbonyl (C=O) groups excluding carboxylic acids is 2. The molecule has 1 saturated heterocycles. The van der Waals surface area contributed by atoms with E-state index in [0.717, 1.165) is 5.01 Å². The topological polar surface area (TPSA) is 84.7 Å². The lowest BCUT2D eigenvalue weighted by molar-refractivity contribution is -0.150. The van der Waals surface area contributed by atoms with Gasteiger partial charge in [-0.3, -0.25) is 9.80 Å². The highest BCUT2D eigenvalue weighted by molar-refractivity contribution is 5.91. The second-order valence-electron chi connectivity index (χ2n) is 4.61. The Morgan fingerprint density at radius 2 is 2.07 bits per heavy atom. The molecule has 3 N–H and O–H groups in total. The molecule has 1 fully saturated rings. The molecule has 0 aliphatic carbocycles. The van der Waals surface area contributed by atoms with Crippen LogP contribution in [0, 0.1) is 0 Å². The van der Waals surface area contributed by atoms with Crippen LogP contribution in [0.4, 0.5) is 4.79 Å². The van der Waals surface area contributed by atoms with Crippen molar-refractivity contribution in [1.29, 1.82) is 0 Å². The summed E-state index contributed by atoms with van der Waals surface area (Å²) in [6.45, 7) is 7.03. The van der Waals surface area contributed by atoms with E-state index in [0.29, 0.717) is 0 Å². The Labute approximate surface area is 88.7 Å². The summed E-state index contributed by atoms with van der Waals surface area (Å²) < 4.78 is 5.01. The molecule has 6 heteroatoms. The van der Waals surface area contributed by atoms with Crippen LogP contribution >= 0.6 is 0 Å². The number of nitrogens with two attached hydrogens (primary N) is 1. The average Bonchev–Trinajstić information content (AvgIpc) is 2.09. The first kappa shape index (κ1) is 11.8. The zero-order valence-corrected chi connectivity index (χ0v) is 9.40. The summed E-state index contributed by atoms with van der Waals surface area (Å²) in [5.41, 5.74) is -0.567. The number of carbonyl (C=O) groups is 2. The van der Waals surface area contributed by atoms with E-state index in [2.05, 4.69) is 5.32 Å². The van der Waals surface area contributed by atoms with E-state index in [1.54, 1.807) is 27.7 Å². The normalized spacial score (nSPS) is 25.9. The fourth-order valence-corrected chi connectivity index (χ4v) is 1.26. The van der Waals surface area contributed by atoms with Gasteiger partial charge >= 0.3 is 6.09 Å². The number of hydrogen-bond acceptors (Lipinski definition) is 4. The Hall–Kier alpha value is -1.30. The van der Waals surface area contributed by atoms with Gasteiger partial charge in [0.1, 0.15) is 11.6 Å². The lowest BCUT2D eigenvalue weighted by atomic mass is 10.0. The molecular formula is C9H17N3O3. The van der Waals surface area contributed by atoms with E-state index in [-0.39, 0.29) is 11.9 Å². The summed E-state index contributed by atoms with van der Waals surface area (Å²) in [7, 11) is 0. The van der Waals surface area contributed by atoms with Crippen molar-refractivity contribution in [2.45, 2.75) is 45.4 Å². The van der Waals surface area contributed by atoms with Gasteiger partial charge in [-0.25, -0.2) is 10.6 Å². The van der Waals surface area contributed by atoms with Crippen LogP contribution in [0.25, 0.3) is 0 Å². The number of hydrogen-bond donors (Lipinski definition) is 2. The highest BCUT2D eigenvalue weighted by Crippen LogP contribution is 2.15. The summed E-state index contributed by atoms with van der Waals surface area (Å²) in [6, 6.07) is -0.755. The molecule has 86 valence electrons. The maximum Gasteiger partial charge on any atom is 0.408 e. The van der Waals surface area contributed by atoms with Gasteiger partial charge in [0, 0.05) is 0 Å². The van der Waals surface area contributed by atoms with Crippen LogP contribution in [0.5, 0.6) is 0 Å². The fraction of sp³-hybridized carbons (Fsp3) is 0.778.